The molecule has 0 aliphatic rings. The molecule has 5 aromatic rings. The molecule has 0 bridgehead atoms. The van der Waals surface area contributed by atoms with Crippen molar-refractivity contribution in [3.05, 3.63) is 103 Å². The van der Waals surface area contributed by atoms with Crippen LogP contribution in [0.25, 0.3) is 21.8 Å². The summed E-state index contributed by atoms with van der Waals surface area (Å²) < 4.78 is 1.38. The number of hydrogen-bond donors (Lipinski definition) is 2. The Morgan fingerprint density at radius 1 is 0.517 bits per heavy atom. The first kappa shape index (κ1) is 20.5. The second-order valence-corrected chi connectivity index (χ2v) is 7.51. The monoisotopic (exact) mass is 436 g/mol. The van der Waals surface area contributed by atoms with Crippen molar-refractivity contribution in [1.29, 1.82) is 0 Å². The fraction of sp³-hybridized carbons (Fsp3) is 0. The minimum absolute atomic E-state index is 0.239. The Labute approximate surface area is 179 Å². The van der Waals surface area contributed by atoms with E-state index in [2.05, 4.69) is 34.2 Å². The van der Waals surface area contributed by atoms with Gasteiger partial charge in [0.1, 0.15) is 22.5 Å². The van der Waals surface area contributed by atoms with Gasteiger partial charge in [-0.25, -0.2) is 0 Å². The van der Waals surface area contributed by atoms with Gasteiger partial charge in [0.15, 0.2) is 0 Å². The Balaban J connectivity index is 0.000000128. The molecule has 0 atom stereocenters. The maximum atomic E-state index is 9.31. The Morgan fingerprint density at radius 3 is 1.34 bits per heavy atom. The van der Waals surface area contributed by atoms with Crippen LogP contribution in [0, 0.1) is 0 Å². The van der Waals surface area contributed by atoms with Crippen LogP contribution < -0.4 is 4.12 Å². The minimum atomic E-state index is 0.239. The molecule has 5 heteroatoms. The van der Waals surface area contributed by atoms with E-state index in [0.29, 0.717) is 11.0 Å². The Kier molecular flexibility index (Phi) is 7.27. The third kappa shape index (κ3) is 5.84. The SMILES string of the molecule is Oc1cccc2cccnc12.Oc1cccc2cccnc12.[Ga][c]1ccccc1. The quantitative estimate of drug-likeness (QED) is 0.354. The van der Waals surface area contributed by atoms with Crippen molar-refractivity contribution in [2.24, 2.45) is 0 Å². The van der Waals surface area contributed by atoms with Crippen LogP contribution in [0.1, 0.15) is 0 Å². The van der Waals surface area contributed by atoms with Gasteiger partial charge in [-0.15, -0.1) is 0 Å². The van der Waals surface area contributed by atoms with Crippen LogP contribution in [-0.2, 0) is 0 Å². The van der Waals surface area contributed by atoms with Gasteiger partial charge in [0.05, 0.1) is 0 Å². The van der Waals surface area contributed by atoms with Crippen LogP contribution in [-0.4, -0.2) is 38.8 Å². The molecular weight excluding hydrogens is 418 g/mol. The molecule has 0 spiro atoms. The van der Waals surface area contributed by atoms with Gasteiger partial charge in [0.2, 0.25) is 0 Å². The normalized spacial score (nSPS) is 9.79. The van der Waals surface area contributed by atoms with Crippen LogP contribution in [0.4, 0.5) is 0 Å². The molecule has 140 valence electrons. The van der Waals surface area contributed by atoms with Crippen molar-refractivity contribution in [3.8, 4) is 11.5 Å². The van der Waals surface area contributed by atoms with E-state index in [0.717, 1.165) is 10.8 Å². The number of para-hydroxylation sites is 2. The van der Waals surface area contributed by atoms with E-state index in [4.69, 9.17) is 0 Å². The topological polar surface area (TPSA) is 66.2 Å². The fourth-order valence-corrected chi connectivity index (χ4v) is 3.10. The number of rotatable bonds is 0. The summed E-state index contributed by atoms with van der Waals surface area (Å²) in [5.74, 6) is 0.478. The Bertz CT molecular complexity index is 1110. The number of aromatic hydroxyl groups is 2. The molecule has 2 N–H and O–H groups in total. The van der Waals surface area contributed by atoms with Crippen molar-refractivity contribution in [2.45, 2.75) is 0 Å². The van der Waals surface area contributed by atoms with Gasteiger partial charge in [-0.05, 0) is 24.3 Å². The van der Waals surface area contributed by atoms with Crippen LogP contribution in [0.3, 0.4) is 0 Å². The average molecular weight is 437 g/mol. The number of phenolic OH excluding ortho intramolecular Hbond substituents is 2. The van der Waals surface area contributed by atoms with Gasteiger partial charge in [-0.3, -0.25) is 9.97 Å². The summed E-state index contributed by atoms with van der Waals surface area (Å²) in [5, 5.41) is 20.5. The number of phenols is 2. The third-order valence-corrected chi connectivity index (χ3v) is 4.83. The van der Waals surface area contributed by atoms with Gasteiger partial charge in [0, 0.05) is 23.2 Å². The number of benzene rings is 3. The number of pyridine rings is 2. The molecule has 2 aromatic heterocycles. The van der Waals surface area contributed by atoms with Gasteiger partial charge in [-0.2, -0.15) is 0 Å². The van der Waals surface area contributed by atoms with E-state index < -0.39 is 0 Å². The Hall–Kier alpha value is -3.28. The molecule has 29 heavy (non-hydrogen) atoms. The van der Waals surface area contributed by atoms with Crippen LogP contribution >= 0.6 is 0 Å². The second-order valence-electron chi connectivity index (χ2n) is 6.12. The van der Waals surface area contributed by atoms with E-state index in [1.54, 1.807) is 55.3 Å². The summed E-state index contributed by atoms with van der Waals surface area (Å²) in [5.41, 5.74) is 1.32. The summed E-state index contributed by atoms with van der Waals surface area (Å²) in [7, 11) is 0. The van der Waals surface area contributed by atoms with Crippen molar-refractivity contribution >= 4 is 44.5 Å². The Morgan fingerprint density at radius 2 is 0.966 bits per heavy atom. The zero-order valence-electron chi connectivity index (χ0n) is 15.7. The zero-order chi connectivity index (χ0) is 20.5. The first-order valence-electron chi connectivity index (χ1n) is 9.01. The molecule has 0 amide bonds. The molecule has 0 aliphatic heterocycles. The molecule has 2 heterocycles. The van der Waals surface area contributed by atoms with E-state index in [1.807, 2.05) is 42.5 Å². The third-order valence-electron chi connectivity index (χ3n) is 4.02. The van der Waals surface area contributed by atoms with Gasteiger partial charge in [0.25, 0.3) is 0 Å². The van der Waals surface area contributed by atoms with E-state index in [9.17, 15) is 10.2 Å². The molecule has 0 aliphatic carbocycles. The zero-order valence-corrected chi connectivity index (χ0v) is 18.1. The standard InChI is InChI=1S/2C9H7NO.C6H5.Ga/c2*11-8-5-1-3-7-4-2-6-10-9(7)8;1-2-4-6-5-3-1;/h2*1-6,11H;1-5H;. The number of nitrogens with zero attached hydrogens (tertiary/aromatic N) is 2. The van der Waals surface area contributed by atoms with Gasteiger partial charge < -0.3 is 10.2 Å². The molecule has 2 radical (unpaired) electrons. The molecule has 0 fully saturated rings. The predicted molar refractivity (Wildman–Crippen MR) is 119 cm³/mol. The number of fused-ring (bicyclic) bond motifs is 2. The summed E-state index contributed by atoms with van der Waals surface area (Å²) in [6, 6.07) is 28.6. The van der Waals surface area contributed by atoms with E-state index in [1.165, 1.54) is 4.12 Å². The summed E-state index contributed by atoms with van der Waals surface area (Å²) in [4.78, 5) is 8.06. The van der Waals surface area contributed by atoms with Crippen LogP contribution in [0.5, 0.6) is 11.5 Å². The molecular formula is C24H19GaN2O2. The molecule has 5 rings (SSSR count). The summed E-state index contributed by atoms with van der Waals surface area (Å²) >= 11 is 1.67. The predicted octanol–water partition coefficient (Wildman–Crippen LogP) is 4.36. The maximum absolute atomic E-state index is 9.31. The first-order chi connectivity index (χ1) is 14.1. The van der Waals surface area contributed by atoms with E-state index >= 15 is 0 Å². The summed E-state index contributed by atoms with van der Waals surface area (Å²) in [6.45, 7) is 0. The fourth-order valence-electron chi connectivity index (χ4n) is 2.63. The van der Waals surface area contributed by atoms with Gasteiger partial charge in [-0.1, -0.05) is 36.4 Å². The second kappa shape index (κ2) is 10.3. The molecule has 0 unspecified atom stereocenters. The van der Waals surface area contributed by atoms with Crippen molar-refractivity contribution in [2.75, 3.05) is 0 Å². The average Bonchev–Trinajstić information content (AvgIpc) is 2.76. The van der Waals surface area contributed by atoms with Crippen LogP contribution in [0.2, 0.25) is 0 Å². The van der Waals surface area contributed by atoms with Crippen molar-refractivity contribution in [3.63, 3.8) is 0 Å². The molecule has 4 nitrogen and oxygen atoms in total. The molecule has 3 aromatic carbocycles. The molecule has 0 saturated heterocycles. The van der Waals surface area contributed by atoms with Crippen molar-refractivity contribution < 1.29 is 10.2 Å². The number of aromatic nitrogens is 2. The molecule has 0 saturated carbocycles. The van der Waals surface area contributed by atoms with Gasteiger partial charge >= 0.3 is 53.0 Å². The first-order valence-corrected chi connectivity index (χ1v) is 10.2. The summed E-state index contributed by atoms with van der Waals surface area (Å²) in [6.07, 6.45) is 3.34. The number of hydrogen-bond acceptors (Lipinski definition) is 4. The van der Waals surface area contributed by atoms with E-state index in [-0.39, 0.29) is 11.5 Å². The van der Waals surface area contributed by atoms with Crippen LogP contribution in [0.15, 0.2) is 103 Å². The van der Waals surface area contributed by atoms with Crippen molar-refractivity contribution in [1.82, 2.24) is 9.97 Å².